The van der Waals surface area contributed by atoms with Gasteiger partial charge in [0.05, 0.1) is 50.2 Å². The first kappa shape index (κ1) is 64.9. The van der Waals surface area contributed by atoms with Gasteiger partial charge in [0.25, 0.3) is 0 Å². The van der Waals surface area contributed by atoms with Gasteiger partial charge >= 0.3 is 88.7 Å². The predicted molar refractivity (Wildman–Crippen MR) is 267 cm³/mol. The van der Waals surface area contributed by atoms with E-state index in [2.05, 4.69) is 20.8 Å². The molecule has 3 heterocycles. The molecule has 3 aliphatic rings. The summed E-state index contributed by atoms with van der Waals surface area (Å²) in [6, 6.07) is 21.8. The molecular formula is C51H60N3Na3O15S3. The largest absolute Gasteiger partial charge is 1.00 e. The van der Waals surface area contributed by atoms with Gasteiger partial charge in [0.1, 0.15) is 55.2 Å². The third-order valence-corrected chi connectivity index (χ3v) is 15.1. The van der Waals surface area contributed by atoms with E-state index in [1.165, 1.54) is 0 Å². The summed E-state index contributed by atoms with van der Waals surface area (Å²) in [6.07, 6.45) is 3.16. The van der Waals surface area contributed by atoms with Gasteiger partial charge in [-0.25, -0.2) is 40.2 Å². The van der Waals surface area contributed by atoms with Gasteiger partial charge in [-0.05, 0) is 146 Å². The zero-order chi connectivity index (χ0) is 51.5. The van der Waals surface area contributed by atoms with Crippen LogP contribution >= 0.6 is 0 Å². The van der Waals surface area contributed by atoms with Gasteiger partial charge in [-0.15, -0.1) is 0 Å². The van der Waals surface area contributed by atoms with Gasteiger partial charge in [0.15, 0.2) is 17.7 Å². The minimum absolute atomic E-state index is 0. The molecule has 0 unspecified atom stereocenters. The molecule has 0 saturated heterocycles. The molecule has 4 aromatic carbocycles. The van der Waals surface area contributed by atoms with E-state index in [-0.39, 0.29) is 146 Å². The zero-order valence-corrected chi connectivity index (χ0v) is 52.0. The van der Waals surface area contributed by atoms with Crippen LogP contribution in [0.1, 0.15) is 107 Å². The Kier molecular flexibility index (Phi) is 26.1. The van der Waals surface area contributed by atoms with Crippen LogP contribution in [0.15, 0.2) is 87.8 Å². The first-order valence-corrected chi connectivity index (χ1v) is 28.7. The molecule has 24 heteroatoms. The molecule has 7 rings (SSSR count). The molecule has 3 atom stereocenters. The summed E-state index contributed by atoms with van der Waals surface area (Å²) < 4.78 is 135. The summed E-state index contributed by atoms with van der Waals surface area (Å²) in [5, 5.41) is 0. The molecule has 0 fully saturated rings. The van der Waals surface area contributed by atoms with Crippen LogP contribution in [0, 0.1) is 20.8 Å². The molecule has 0 saturated carbocycles. The molecule has 0 radical (unpaired) electrons. The summed E-state index contributed by atoms with van der Waals surface area (Å²) in [4.78, 5) is 15.1. The fourth-order valence-electron chi connectivity index (χ4n) is 8.86. The molecular weight excluding hydrogens is 1060 g/mol. The van der Waals surface area contributed by atoms with E-state index in [1.807, 2.05) is 72.8 Å². The molecule has 3 aliphatic heterocycles. The fraction of sp³-hybridized carbons (Fsp3) is 0.471. The van der Waals surface area contributed by atoms with Crippen molar-refractivity contribution >= 4 is 48.0 Å². The Balaban J connectivity index is 0.00000406. The van der Waals surface area contributed by atoms with Crippen molar-refractivity contribution in [1.29, 1.82) is 0 Å². The van der Waals surface area contributed by atoms with E-state index >= 15 is 0 Å². The van der Waals surface area contributed by atoms with Crippen molar-refractivity contribution in [3.63, 3.8) is 0 Å². The van der Waals surface area contributed by atoms with Crippen molar-refractivity contribution in [2.45, 2.75) is 96.7 Å². The Labute approximate surface area is 507 Å². The number of hydrogen-bond acceptors (Lipinski definition) is 18. The first-order chi connectivity index (χ1) is 34.3. The van der Waals surface area contributed by atoms with Crippen molar-refractivity contribution in [2.75, 3.05) is 56.9 Å². The second kappa shape index (κ2) is 30.1. The van der Waals surface area contributed by atoms with E-state index in [9.17, 15) is 38.9 Å². The predicted octanol–water partition coefficient (Wildman–Crippen LogP) is -2.13. The Morgan fingerprint density at radius 1 is 0.453 bits per heavy atom. The number of hydrogen-bond donors (Lipinski definition) is 0. The van der Waals surface area contributed by atoms with Crippen LogP contribution in [0.2, 0.25) is 0 Å². The summed E-state index contributed by atoms with van der Waals surface area (Å²) in [5.41, 5.74) is 8.99. The van der Waals surface area contributed by atoms with Crippen LogP contribution in [0.4, 0.5) is 0 Å². The summed E-state index contributed by atoms with van der Waals surface area (Å²) in [6.45, 7) is 8.06. The van der Waals surface area contributed by atoms with Crippen LogP contribution in [0.25, 0.3) is 0 Å². The normalized spacial score (nSPS) is 17.2. The quantitative estimate of drug-likeness (QED) is 0.0351. The molecule has 0 aromatic heterocycles. The number of rotatable bonds is 27. The number of aliphatic imine (C=N–C) groups is 3. The van der Waals surface area contributed by atoms with Gasteiger partial charge in [0, 0.05) is 36.5 Å². The summed E-state index contributed by atoms with van der Waals surface area (Å²) in [7, 11) is -12.8. The maximum atomic E-state index is 11.0. The second-order valence-electron chi connectivity index (χ2n) is 18.1. The third kappa shape index (κ3) is 20.5. The van der Waals surface area contributed by atoms with Crippen LogP contribution in [-0.4, -0.2) is 114 Å². The topological polar surface area (TPSA) is 264 Å². The Morgan fingerprint density at radius 3 is 0.973 bits per heavy atom. The molecule has 0 spiro atoms. The smallest absolute Gasteiger partial charge is 0.748 e. The molecule has 0 amide bonds. The van der Waals surface area contributed by atoms with E-state index < -0.39 is 47.6 Å². The molecule has 0 bridgehead atoms. The van der Waals surface area contributed by atoms with Crippen molar-refractivity contribution in [3.8, 4) is 17.2 Å². The third-order valence-electron chi connectivity index (χ3n) is 12.7. The Bertz CT molecular complexity index is 2670. The summed E-state index contributed by atoms with van der Waals surface area (Å²) in [5.74, 6) is 2.28. The van der Waals surface area contributed by atoms with Gasteiger partial charge in [0.2, 0.25) is 0 Å². The van der Waals surface area contributed by atoms with E-state index in [4.69, 9.17) is 43.4 Å². The molecule has 4 aromatic rings. The van der Waals surface area contributed by atoms with Crippen LogP contribution in [-0.2, 0) is 63.8 Å². The average Bonchev–Trinajstić information content (AvgIpc) is 4.12. The molecule has 390 valence electrons. The Hall–Kier alpha value is -2.58. The fourth-order valence-corrected chi connectivity index (χ4v) is 10.5. The molecule has 18 nitrogen and oxygen atoms in total. The van der Waals surface area contributed by atoms with Crippen LogP contribution in [0.3, 0.4) is 0 Å². The summed E-state index contributed by atoms with van der Waals surface area (Å²) >= 11 is 0. The van der Waals surface area contributed by atoms with Gasteiger partial charge in [-0.1, -0.05) is 36.4 Å². The molecule has 0 N–H and O–H groups in total. The minimum Gasteiger partial charge on any atom is -0.748 e. The Morgan fingerprint density at radius 2 is 0.720 bits per heavy atom. The van der Waals surface area contributed by atoms with Crippen molar-refractivity contribution in [1.82, 2.24) is 0 Å². The molecule has 0 aliphatic carbocycles. The average molecular weight is 1120 g/mol. The van der Waals surface area contributed by atoms with E-state index in [1.54, 1.807) is 0 Å². The van der Waals surface area contributed by atoms with Gasteiger partial charge in [-0.3, -0.25) is 0 Å². The van der Waals surface area contributed by atoms with Crippen molar-refractivity contribution in [2.24, 2.45) is 15.0 Å². The van der Waals surface area contributed by atoms with Crippen LogP contribution in [0.5, 0.6) is 17.2 Å². The monoisotopic (exact) mass is 1120 g/mol. The maximum Gasteiger partial charge on any atom is 1.00 e. The van der Waals surface area contributed by atoms with Crippen LogP contribution < -0.4 is 103 Å². The molecule has 75 heavy (non-hydrogen) atoms. The second-order valence-corrected chi connectivity index (χ2v) is 22.6. The van der Waals surface area contributed by atoms with Gasteiger partial charge < -0.3 is 42.1 Å². The number of benzene rings is 4. The minimum atomic E-state index is -4.27. The SMILES string of the molecule is Cc1c(CC2=N[C@@H](c3cccc(OCCCCS(=O)(=O)[O-])c3)CO2)c(C)c(CC2=N[C@@H](c3cccc(OCCCCS(=O)(=O)[O-])c3)CO2)c(C)c1CC1=N[C@@H](c2cccc(OCCCCS(=O)(=O)[O-])c2)CO1.[Na+].[Na+].[Na+]. The zero-order valence-electron chi connectivity index (χ0n) is 43.6. The first-order valence-electron chi connectivity index (χ1n) is 23.9. The maximum absolute atomic E-state index is 11.0. The number of nitrogens with zero attached hydrogens (tertiary/aromatic N) is 3. The number of ether oxygens (including phenoxy) is 6. The van der Waals surface area contributed by atoms with Crippen molar-refractivity contribution < 1.29 is 156 Å². The van der Waals surface area contributed by atoms with Crippen molar-refractivity contribution in [3.05, 3.63) is 123 Å². The van der Waals surface area contributed by atoms with E-state index in [0.717, 1.165) is 50.1 Å². The van der Waals surface area contributed by atoms with Gasteiger partial charge in [-0.2, -0.15) is 0 Å². The standard InChI is InChI=1S/C51H63N3O15S3.3Na/c1-34-43(28-49-52-46(31-67-49)37-13-10-16-40(25-37)64-19-4-7-22-70(55,56)57)35(2)45(30-51-54-48(33-69-51)39-15-12-18-42(27-39)66-21-6-9-24-72(61,62)63)36(3)44(34)29-50-53-47(32-68-50)38-14-11-17-41(26-38)65-20-5-8-23-71(58,59)60;;;/h10-18,25-27,46-48H,4-9,19-24,28-33H2,1-3H3,(H,55,56,57)(H,58,59,60)(H,61,62,63);;;/q;3*+1/p-3/t46-,47-,48-;;;/m1.../s1. The number of unbranched alkanes of at least 4 members (excludes halogenated alkanes) is 3. The van der Waals surface area contributed by atoms with E-state index in [0.29, 0.717) is 93.3 Å².